The molecular weight excluding hydrogens is 309 g/mol. The van der Waals surface area contributed by atoms with Crippen LogP contribution in [0.3, 0.4) is 0 Å². The minimum Gasteiger partial charge on any atom is -0.496 e. The van der Waals surface area contributed by atoms with E-state index in [-0.39, 0.29) is 5.82 Å². The van der Waals surface area contributed by atoms with Gasteiger partial charge in [0.1, 0.15) is 11.6 Å². The molecule has 24 heavy (non-hydrogen) atoms. The smallest absolute Gasteiger partial charge is 0.251 e. The van der Waals surface area contributed by atoms with E-state index in [2.05, 4.69) is 15.5 Å². The van der Waals surface area contributed by atoms with Crippen molar-refractivity contribution in [3.8, 4) is 17.2 Å². The highest BCUT2D eigenvalue weighted by molar-refractivity contribution is 5.62. The number of aromatic nitrogens is 2. The molecular formula is C18H18FN3O2. The summed E-state index contributed by atoms with van der Waals surface area (Å²) in [5.74, 6) is 1.41. The van der Waals surface area contributed by atoms with Crippen LogP contribution in [0.25, 0.3) is 11.5 Å². The molecule has 0 unspecified atom stereocenters. The van der Waals surface area contributed by atoms with Gasteiger partial charge in [-0.2, -0.15) is 0 Å². The third kappa shape index (κ3) is 3.97. The van der Waals surface area contributed by atoms with Crippen LogP contribution < -0.4 is 10.1 Å². The molecule has 6 heteroatoms. The number of hydrogen-bond acceptors (Lipinski definition) is 5. The molecule has 0 aliphatic carbocycles. The number of rotatable bonds is 7. The van der Waals surface area contributed by atoms with E-state index in [1.54, 1.807) is 19.2 Å². The van der Waals surface area contributed by atoms with Gasteiger partial charge in [-0.15, -0.1) is 10.2 Å². The zero-order valence-corrected chi connectivity index (χ0v) is 13.3. The van der Waals surface area contributed by atoms with E-state index < -0.39 is 0 Å². The molecule has 1 N–H and O–H groups in total. The van der Waals surface area contributed by atoms with Gasteiger partial charge in [0.05, 0.1) is 19.2 Å². The van der Waals surface area contributed by atoms with Crippen LogP contribution in [0.1, 0.15) is 11.5 Å². The van der Waals surface area contributed by atoms with Crippen molar-refractivity contribution in [2.75, 3.05) is 13.7 Å². The summed E-state index contributed by atoms with van der Waals surface area (Å²) in [6.07, 6.45) is 0.799. The minimum absolute atomic E-state index is 0.221. The van der Waals surface area contributed by atoms with Crippen LogP contribution in [-0.2, 0) is 13.0 Å². The van der Waals surface area contributed by atoms with Crippen LogP contribution in [0.15, 0.2) is 52.9 Å². The highest BCUT2D eigenvalue weighted by atomic mass is 19.1. The first-order chi connectivity index (χ1) is 11.8. The second-order valence-corrected chi connectivity index (χ2v) is 5.25. The molecule has 0 saturated carbocycles. The summed E-state index contributed by atoms with van der Waals surface area (Å²) in [6.45, 7) is 1.21. The first-order valence-electron chi connectivity index (χ1n) is 7.67. The first-order valence-corrected chi connectivity index (χ1v) is 7.67. The zero-order chi connectivity index (χ0) is 16.8. The monoisotopic (exact) mass is 327 g/mol. The molecule has 0 spiro atoms. The summed E-state index contributed by atoms with van der Waals surface area (Å²) in [4.78, 5) is 0. The van der Waals surface area contributed by atoms with E-state index in [0.29, 0.717) is 24.1 Å². The summed E-state index contributed by atoms with van der Waals surface area (Å²) in [7, 11) is 1.60. The minimum atomic E-state index is -0.221. The molecule has 0 atom stereocenters. The predicted molar refractivity (Wildman–Crippen MR) is 88.1 cm³/mol. The second-order valence-electron chi connectivity index (χ2n) is 5.25. The van der Waals surface area contributed by atoms with Crippen molar-refractivity contribution in [2.24, 2.45) is 0 Å². The van der Waals surface area contributed by atoms with Crippen LogP contribution in [0.5, 0.6) is 5.75 Å². The fourth-order valence-electron chi connectivity index (χ4n) is 2.33. The number of nitrogens with one attached hydrogen (secondary N) is 1. The number of nitrogens with zero attached hydrogens (tertiary/aromatic N) is 2. The standard InChI is InChI=1S/C18H18FN3O2/c1-23-16-5-3-2-4-15(16)18-22-21-17(24-18)12-20-11-10-13-6-8-14(19)9-7-13/h2-9,20H,10-12H2,1H3. The lowest BCUT2D eigenvalue weighted by Gasteiger charge is -2.04. The highest BCUT2D eigenvalue weighted by Gasteiger charge is 2.12. The van der Waals surface area contributed by atoms with Gasteiger partial charge in [-0.05, 0) is 42.8 Å². The summed E-state index contributed by atoms with van der Waals surface area (Å²) in [5, 5.41) is 11.3. The maximum absolute atomic E-state index is 12.8. The van der Waals surface area contributed by atoms with Crippen molar-refractivity contribution in [3.63, 3.8) is 0 Å². The van der Waals surface area contributed by atoms with Gasteiger partial charge in [-0.1, -0.05) is 24.3 Å². The number of para-hydroxylation sites is 1. The van der Waals surface area contributed by atoms with Gasteiger partial charge in [-0.3, -0.25) is 0 Å². The molecule has 0 aliphatic rings. The molecule has 0 fully saturated rings. The summed E-state index contributed by atoms with van der Waals surface area (Å²) >= 11 is 0. The maximum Gasteiger partial charge on any atom is 0.251 e. The van der Waals surface area contributed by atoms with Gasteiger partial charge in [0.15, 0.2) is 0 Å². The van der Waals surface area contributed by atoms with Crippen molar-refractivity contribution >= 4 is 0 Å². The second kappa shape index (κ2) is 7.70. The number of hydrogen-bond donors (Lipinski definition) is 1. The average Bonchev–Trinajstić information content (AvgIpc) is 3.09. The van der Waals surface area contributed by atoms with E-state index in [1.807, 2.05) is 24.3 Å². The third-order valence-corrected chi connectivity index (χ3v) is 3.58. The van der Waals surface area contributed by atoms with E-state index in [0.717, 1.165) is 24.1 Å². The van der Waals surface area contributed by atoms with Gasteiger partial charge >= 0.3 is 0 Å². The van der Waals surface area contributed by atoms with E-state index in [9.17, 15) is 4.39 Å². The average molecular weight is 327 g/mol. The predicted octanol–water partition coefficient (Wildman–Crippen LogP) is 3.22. The number of benzene rings is 2. The van der Waals surface area contributed by atoms with Crippen LogP contribution >= 0.6 is 0 Å². The van der Waals surface area contributed by atoms with E-state index >= 15 is 0 Å². The molecule has 2 aromatic carbocycles. The number of halogens is 1. The van der Waals surface area contributed by atoms with Crippen molar-refractivity contribution in [1.82, 2.24) is 15.5 Å². The first kappa shape index (κ1) is 16.1. The fourth-order valence-corrected chi connectivity index (χ4v) is 2.33. The lowest BCUT2D eigenvalue weighted by atomic mass is 10.1. The fraction of sp³-hybridized carbons (Fsp3) is 0.222. The van der Waals surface area contributed by atoms with Gasteiger partial charge in [0.2, 0.25) is 5.89 Å². The maximum atomic E-state index is 12.8. The molecule has 0 bridgehead atoms. The molecule has 124 valence electrons. The van der Waals surface area contributed by atoms with E-state index in [1.165, 1.54) is 12.1 Å². The molecule has 3 aromatic rings. The molecule has 0 aliphatic heterocycles. The van der Waals surface area contributed by atoms with Crippen LogP contribution in [-0.4, -0.2) is 23.9 Å². The topological polar surface area (TPSA) is 60.2 Å². The SMILES string of the molecule is COc1ccccc1-c1nnc(CNCCc2ccc(F)cc2)o1. The van der Waals surface area contributed by atoms with Gasteiger partial charge in [0, 0.05) is 0 Å². The quantitative estimate of drug-likeness (QED) is 0.675. The van der Waals surface area contributed by atoms with Crippen molar-refractivity contribution in [2.45, 2.75) is 13.0 Å². The Balaban J connectivity index is 1.54. The Morgan fingerprint density at radius 2 is 1.88 bits per heavy atom. The highest BCUT2D eigenvalue weighted by Crippen LogP contribution is 2.28. The Kier molecular flexibility index (Phi) is 5.18. The summed E-state index contributed by atoms with van der Waals surface area (Å²) in [6, 6.07) is 14.0. The molecule has 5 nitrogen and oxygen atoms in total. The molecule has 1 heterocycles. The Bertz CT molecular complexity index is 787. The Labute approximate surface area is 139 Å². The molecule has 0 amide bonds. The third-order valence-electron chi connectivity index (χ3n) is 3.58. The van der Waals surface area contributed by atoms with Gasteiger partial charge in [0.25, 0.3) is 5.89 Å². The van der Waals surface area contributed by atoms with Crippen LogP contribution in [0, 0.1) is 5.82 Å². The Morgan fingerprint density at radius 1 is 1.08 bits per heavy atom. The van der Waals surface area contributed by atoms with Crippen molar-refractivity contribution < 1.29 is 13.5 Å². The lowest BCUT2D eigenvalue weighted by molar-refractivity contribution is 0.413. The lowest BCUT2D eigenvalue weighted by Crippen LogP contribution is -2.16. The molecule has 0 radical (unpaired) electrons. The molecule has 0 saturated heterocycles. The van der Waals surface area contributed by atoms with Crippen LogP contribution in [0.4, 0.5) is 4.39 Å². The number of methoxy groups -OCH3 is 1. The van der Waals surface area contributed by atoms with Crippen molar-refractivity contribution in [3.05, 3.63) is 65.8 Å². The van der Waals surface area contributed by atoms with Gasteiger partial charge in [-0.25, -0.2) is 4.39 Å². The van der Waals surface area contributed by atoms with Crippen molar-refractivity contribution in [1.29, 1.82) is 0 Å². The zero-order valence-electron chi connectivity index (χ0n) is 13.3. The van der Waals surface area contributed by atoms with Gasteiger partial charge < -0.3 is 14.5 Å². The molecule has 1 aromatic heterocycles. The summed E-state index contributed by atoms with van der Waals surface area (Å²) in [5.41, 5.74) is 1.84. The summed E-state index contributed by atoms with van der Waals surface area (Å²) < 4.78 is 23.8. The van der Waals surface area contributed by atoms with E-state index in [4.69, 9.17) is 9.15 Å². The number of ether oxygens (including phenoxy) is 1. The van der Waals surface area contributed by atoms with Crippen LogP contribution in [0.2, 0.25) is 0 Å². The Morgan fingerprint density at radius 3 is 2.67 bits per heavy atom. The molecule has 3 rings (SSSR count). The normalized spacial score (nSPS) is 10.8. The largest absolute Gasteiger partial charge is 0.496 e. The Hall–Kier alpha value is -2.73.